The quantitative estimate of drug-likeness (QED) is 0.767. The Kier molecular flexibility index (Phi) is 3.06. The van der Waals surface area contributed by atoms with Crippen LogP contribution in [0, 0.1) is 0 Å². The maximum absolute atomic E-state index is 10.6. The number of hydrogen-bond acceptors (Lipinski definition) is 2. The lowest BCUT2D eigenvalue weighted by Crippen LogP contribution is -2.07. The molecule has 0 saturated heterocycles. The lowest BCUT2D eigenvalue weighted by atomic mass is 10.2. The van der Waals surface area contributed by atoms with Crippen LogP contribution >= 0.6 is 0 Å². The van der Waals surface area contributed by atoms with E-state index in [0.717, 1.165) is 25.1 Å². The van der Waals surface area contributed by atoms with E-state index in [1.54, 1.807) is 11.6 Å². The Morgan fingerprint density at radius 2 is 2.38 bits per heavy atom. The van der Waals surface area contributed by atoms with Crippen molar-refractivity contribution in [3.8, 4) is 0 Å². The van der Waals surface area contributed by atoms with Gasteiger partial charge >= 0.3 is 5.97 Å². The van der Waals surface area contributed by atoms with Gasteiger partial charge in [-0.15, -0.1) is 0 Å². The number of hydrogen-bond donors (Lipinski definition) is 1. The van der Waals surface area contributed by atoms with E-state index in [2.05, 4.69) is 11.9 Å². The molecule has 0 spiro atoms. The Morgan fingerprint density at radius 3 is 2.85 bits per heavy atom. The Hall–Kier alpha value is -1.32. The van der Waals surface area contributed by atoms with Crippen LogP contribution in [0.1, 0.15) is 36.1 Å². The highest BCUT2D eigenvalue weighted by molar-refractivity contribution is 5.85. The zero-order chi connectivity index (χ0) is 9.84. The molecule has 1 aromatic heterocycles. The lowest BCUT2D eigenvalue weighted by Gasteiger charge is -2.01. The molecule has 0 atom stereocenters. The molecule has 0 bridgehead atoms. The summed E-state index contributed by atoms with van der Waals surface area (Å²) in [5, 5.41) is 8.74. The fourth-order valence-corrected chi connectivity index (χ4v) is 1.21. The summed E-state index contributed by atoms with van der Waals surface area (Å²) < 4.78 is 1.64. The summed E-state index contributed by atoms with van der Waals surface area (Å²) in [6.45, 7) is 2.10. The molecule has 13 heavy (non-hydrogen) atoms. The Morgan fingerprint density at radius 1 is 1.69 bits per heavy atom. The Balaban J connectivity index is 2.80. The number of unbranched alkanes of at least 4 members (excludes halogenated alkanes) is 1. The van der Waals surface area contributed by atoms with E-state index in [0.29, 0.717) is 0 Å². The van der Waals surface area contributed by atoms with Gasteiger partial charge in [0, 0.05) is 13.5 Å². The molecule has 72 valence electrons. The first kappa shape index (κ1) is 9.77. The minimum atomic E-state index is -0.919. The third-order valence-electron chi connectivity index (χ3n) is 2.06. The molecule has 0 aliphatic heterocycles. The van der Waals surface area contributed by atoms with Gasteiger partial charge in [-0.2, -0.15) is 0 Å². The second kappa shape index (κ2) is 4.07. The van der Waals surface area contributed by atoms with Gasteiger partial charge in [-0.1, -0.05) is 13.3 Å². The number of rotatable bonds is 4. The van der Waals surface area contributed by atoms with Gasteiger partial charge in [-0.25, -0.2) is 9.78 Å². The number of nitrogens with zero attached hydrogens (tertiary/aromatic N) is 2. The van der Waals surface area contributed by atoms with Gasteiger partial charge < -0.3 is 9.67 Å². The van der Waals surface area contributed by atoms with Crippen molar-refractivity contribution in [1.82, 2.24) is 9.55 Å². The monoisotopic (exact) mass is 182 g/mol. The molecule has 0 aliphatic carbocycles. The zero-order valence-electron chi connectivity index (χ0n) is 7.95. The van der Waals surface area contributed by atoms with E-state index in [1.807, 2.05) is 0 Å². The molecule has 1 N–H and O–H groups in total. The van der Waals surface area contributed by atoms with Gasteiger partial charge in [-0.05, 0) is 6.42 Å². The Labute approximate surface area is 77.2 Å². The third kappa shape index (κ3) is 2.08. The van der Waals surface area contributed by atoms with E-state index in [-0.39, 0.29) is 5.69 Å². The lowest BCUT2D eigenvalue weighted by molar-refractivity contribution is 0.0686. The highest BCUT2D eigenvalue weighted by Gasteiger charge is 2.11. The average Bonchev–Trinajstić information content (AvgIpc) is 2.43. The predicted molar refractivity (Wildman–Crippen MR) is 48.8 cm³/mol. The first-order chi connectivity index (χ1) is 6.16. The number of imidazole rings is 1. The van der Waals surface area contributed by atoms with E-state index >= 15 is 0 Å². The van der Waals surface area contributed by atoms with Crippen molar-refractivity contribution in [2.24, 2.45) is 7.05 Å². The van der Waals surface area contributed by atoms with Crippen molar-refractivity contribution in [2.45, 2.75) is 26.2 Å². The van der Waals surface area contributed by atoms with Crippen LogP contribution in [0.15, 0.2) is 6.20 Å². The third-order valence-corrected chi connectivity index (χ3v) is 2.06. The highest BCUT2D eigenvalue weighted by Crippen LogP contribution is 2.06. The summed E-state index contributed by atoms with van der Waals surface area (Å²) in [6.07, 6.45) is 4.40. The average molecular weight is 182 g/mol. The van der Waals surface area contributed by atoms with Crippen LogP contribution < -0.4 is 0 Å². The van der Waals surface area contributed by atoms with Crippen molar-refractivity contribution in [2.75, 3.05) is 0 Å². The highest BCUT2D eigenvalue weighted by atomic mass is 16.4. The van der Waals surface area contributed by atoms with Crippen LogP contribution in [-0.2, 0) is 13.5 Å². The fraction of sp³-hybridized carbons (Fsp3) is 0.556. The van der Waals surface area contributed by atoms with Crippen LogP contribution in [0.25, 0.3) is 0 Å². The van der Waals surface area contributed by atoms with Gasteiger partial charge in [0.2, 0.25) is 0 Å². The van der Waals surface area contributed by atoms with Crippen LogP contribution in [-0.4, -0.2) is 20.6 Å². The van der Waals surface area contributed by atoms with Crippen molar-refractivity contribution >= 4 is 5.97 Å². The minimum absolute atomic E-state index is 0.256. The smallest absolute Gasteiger partial charge is 0.354 e. The first-order valence-electron chi connectivity index (χ1n) is 4.40. The van der Waals surface area contributed by atoms with E-state index in [9.17, 15) is 4.79 Å². The number of carboxylic acids is 1. The van der Waals surface area contributed by atoms with Crippen LogP contribution in [0.5, 0.6) is 0 Å². The van der Waals surface area contributed by atoms with Gasteiger partial charge in [-0.3, -0.25) is 0 Å². The molecule has 0 fully saturated rings. The number of carboxylic acid groups (broad SMARTS) is 1. The van der Waals surface area contributed by atoms with Crippen molar-refractivity contribution in [3.05, 3.63) is 17.7 Å². The van der Waals surface area contributed by atoms with Crippen molar-refractivity contribution in [1.29, 1.82) is 0 Å². The largest absolute Gasteiger partial charge is 0.477 e. The second-order valence-corrected chi connectivity index (χ2v) is 3.03. The van der Waals surface area contributed by atoms with Crippen LogP contribution in [0.2, 0.25) is 0 Å². The molecular formula is C9H14N2O2. The summed E-state index contributed by atoms with van der Waals surface area (Å²) in [4.78, 5) is 14.7. The molecule has 1 aromatic rings. The second-order valence-electron chi connectivity index (χ2n) is 3.03. The van der Waals surface area contributed by atoms with Gasteiger partial charge in [0.05, 0.1) is 6.20 Å². The maximum Gasteiger partial charge on any atom is 0.354 e. The molecule has 1 rings (SSSR count). The normalized spacial score (nSPS) is 10.3. The van der Waals surface area contributed by atoms with Gasteiger partial charge in [0.15, 0.2) is 0 Å². The topological polar surface area (TPSA) is 55.1 Å². The van der Waals surface area contributed by atoms with Crippen molar-refractivity contribution < 1.29 is 9.90 Å². The van der Waals surface area contributed by atoms with E-state index in [4.69, 9.17) is 5.11 Å². The zero-order valence-corrected chi connectivity index (χ0v) is 7.95. The molecular weight excluding hydrogens is 168 g/mol. The van der Waals surface area contributed by atoms with Crippen molar-refractivity contribution in [3.63, 3.8) is 0 Å². The molecule has 0 unspecified atom stereocenters. The number of aryl methyl sites for hydroxylation is 1. The molecule has 4 heteroatoms. The maximum atomic E-state index is 10.6. The van der Waals surface area contributed by atoms with Crippen LogP contribution in [0.4, 0.5) is 0 Å². The van der Waals surface area contributed by atoms with E-state index < -0.39 is 5.97 Å². The molecule has 1 heterocycles. The summed E-state index contributed by atoms with van der Waals surface area (Å²) in [5.41, 5.74) is 0.256. The molecule has 0 saturated carbocycles. The SMILES string of the molecule is CCCCc1ncc(C(=O)O)n1C. The molecule has 0 aromatic carbocycles. The predicted octanol–water partition coefficient (Wildman–Crippen LogP) is 1.46. The summed E-state index contributed by atoms with van der Waals surface area (Å²) in [5.74, 6) is -0.0722. The summed E-state index contributed by atoms with van der Waals surface area (Å²) in [6, 6.07) is 0. The van der Waals surface area contributed by atoms with Gasteiger partial charge in [0.1, 0.15) is 11.5 Å². The standard InChI is InChI=1S/C9H14N2O2/c1-3-4-5-8-10-6-7(9(12)13)11(8)2/h6H,3-5H2,1-2H3,(H,12,13). The van der Waals surface area contributed by atoms with Gasteiger partial charge in [0.25, 0.3) is 0 Å². The minimum Gasteiger partial charge on any atom is -0.477 e. The molecule has 0 aliphatic rings. The van der Waals surface area contributed by atoms with Crippen LogP contribution in [0.3, 0.4) is 0 Å². The molecule has 0 amide bonds. The molecule has 4 nitrogen and oxygen atoms in total. The number of carbonyl (C=O) groups is 1. The first-order valence-corrected chi connectivity index (χ1v) is 4.40. The number of aromatic carboxylic acids is 1. The number of aromatic nitrogens is 2. The fourth-order valence-electron chi connectivity index (χ4n) is 1.21. The molecule has 0 radical (unpaired) electrons. The summed E-state index contributed by atoms with van der Waals surface area (Å²) in [7, 11) is 1.74. The Bertz CT molecular complexity index is 305. The van der Waals surface area contributed by atoms with E-state index in [1.165, 1.54) is 6.20 Å². The summed E-state index contributed by atoms with van der Waals surface area (Å²) >= 11 is 0.